The Balaban J connectivity index is 1.52. The molecule has 1 N–H and O–H groups in total. The number of aryl methyl sites for hydroxylation is 2. The largest absolute Gasteiger partial charge is 0.337 e. The number of carbonyl (C=O) groups excluding carboxylic acids is 1. The normalized spacial score (nSPS) is 23.2. The predicted molar refractivity (Wildman–Crippen MR) is 107 cm³/mol. The maximum atomic E-state index is 12.7. The summed E-state index contributed by atoms with van der Waals surface area (Å²) in [5.74, 6) is 0.469. The number of likely N-dealkylation sites (tertiary alicyclic amines) is 1. The minimum Gasteiger partial charge on any atom is -0.337 e. The quantitative estimate of drug-likeness (QED) is 0.639. The second-order valence-electron chi connectivity index (χ2n) is 7.48. The molecule has 1 fully saturated rings. The van der Waals surface area contributed by atoms with Gasteiger partial charge in [-0.05, 0) is 64.4 Å². The Morgan fingerprint density at radius 3 is 2.73 bits per heavy atom. The van der Waals surface area contributed by atoms with Crippen molar-refractivity contribution in [1.29, 1.82) is 0 Å². The molecule has 2 atom stereocenters. The Bertz CT molecular complexity index is 879. The number of thioether (sulfide) groups is 1. The van der Waals surface area contributed by atoms with Gasteiger partial charge in [0, 0.05) is 17.0 Å². The minimum atomic E-state index is -0.0518. The van der Waals surface area contributed by atoms with Gasteiger partial charge in [0.2, 0.25) is 5.91 Å². The molecule has 7 heteroatoms. The van der Waals surface area contributed by atoms with Crippen LogP contribution in [0.3, 0.4) is 0 Å². The third-order valence-electron chi connectivity index (χ3n) is 5.62. The topological polar surface area (TPSA) is 66.1 Å². The average Bonchev–Trinajstić information content (AvgIpc) is 2.98. The van der Waals surface area contributed by atoms with Crippen molar-refractivity contribution in [3.63, 3.8) is 0 Å². The Morgan fingerprint density at radius 2 is 1.96 bits per heavy atom. The van der Waals surface area contributed by atoms with Gasteiger partial charge in [-0.15, -0.1) is 11.3 Å². The lowest BCUT2D eigenvalue weighted by molar-refractivity contribution is -0.134. The second-order valence-corrected chi connectivity index (χ2v) is 9.53. The van der Waals surface area contributed by atoms with Crippen molar-refractivity contribution in [3.05, 3.63) is 20.8 Å². The summed E-state index contributed by atoms with van der Waals surface area (Å²) in [4.78, 5) is 37.0. The SMILES string of the molecule is C[C@@H]1CCC[C@@H](C)N1C(=O)CSc1nc2sc3c(c2c(=O)[nH]1)CCCC3. The van der Waals surface area contributed by atoms with Crippen molar-refractivity contribution in [3.8, 4) is 0 Å². The van der Waals surface area contributed by atoms with E-state index in [9.17, 15) is 9.59 Å². The van der Waals surface area contributed by atoms with E-state index in [2.05, 4.69) is 23.8 Å². The van der Waals surface area contributed by atoms with Crippen LogP contribution in [0.5, 0.6) is 0 Å². The molecule has 2 aromatic heterocycles. The van der Waals surface area contributed by atoms with Crippen LogP contribution >= 0.6 is 23.1 Å². The van der Waals surface area contributed by atoms with Gasteiger partial charge >= 0.3 is 0 Å². The van der Waals surface area contributed by atoms with Crippen LogP contribution in [0.4, 0.5) is 0 Å². The van der Waals surface area contributed by atoms with Gasteiger partial charge in [-0.25, -0.2) is 4.98 Å². The lowest BCUT2D eigenvalue weighted by Crippen LogP contribution is -2.48. The van der Waals surface area contributed by atoms with Crippen molar-refractivity contribution < 1.29 is 4.79 Å². The molecule has 2 aliphatic rings. The van der Waals surface area contributed by atoms with E-state index in [1.54, 1.807) is 11.3 Å². The molecule has 1 amide bonds. The summed E-state index contributed by atoms with van der Waals surface area (Å²) < 4.78 is 0. The van der Waals surface area contributed by atoms with E-state index in [4.69, 9.17) is 0 Å². The zero-order valence-corrected chi connectivity index (χ0v) is 17.0. The number of carbonyl (C=O) groups is 1. The molecule has 3 heterocycles. The summed E-state index contributed by atoms with van der Waals surface area (Å²) >= 11 is 3.00. The van der Waals surface area contributed by atoms with Gasteiger partial charge in [0.15, 0.2) is 5.16 Å². The second kappa shape index (κ2) is 7.35. The van der Waals surface area contributed by atoms with Gasteiger partial charge in [0.1, 0.15) is 4.83 Å². The highest BCUT2D eigenvalue weighted by Crippen LogP contribution is 2.34. The Morgan fingerprint density at radius 1 is 1.23 bits per heavy atom. The summed E-state index contributed by atoms with van der Waals surface area (Å²) in [6.45, 7) is 4.25. The van der Waals surface area contributed by atoms with E-state index in [0.717, 1.165) is 42.3 Å². The number of thiophene rings is 1. The number of nitrogens with zero attached hydrogens (tertiary/aromatic N) is 2. The number of rotatable bonds is 3. The number of amides is 1. The van der Waals surface area contributed by atoms with Crippen molar-refractivity contribution in [2.75, 3.05) is 5.75 Å². The van der Waals surface area contributed by atoms with Crippen LogP contribution in [-0.2, 0) is 17.6 Å². The number of hydrogen-bond donors (Lipinski definition) is 1. The van der Waals surface area contributed by atoms with Gasteiger partial charge < -0.3 is 9.88 Å². The van der Waals surface area contributed by atoms with Crippen LogP contribution in [-0.4, -0.2) is 38.6 Å². The lowest BCUT2D eigenvalue weighted by Gasteiger charge is -2.39. The fourth-order valence-corrected chi connectivity index (χ4v) is 6.38. The summed E-state index contributed by atoms with van der Waals surface area (Å²) in [6, 6.07) is 0.593. The first-order valence-corrected chi connectivity index (χ1v) is 11.3. The maximum Gasteiger partial charge on any atom is 0.260 e. The molecule has 0 aromatic carbocycles. The van der Waals surface area contributed by atoms with Gasteiger partial charge in [-0.3, -0.25) is 9.59 Å². The monoisotopic (exact) mass is 391 g/mol. The third kappa shape index (κ3) is 3.31. The van der Waals surface area contributed by atoms with E-state index in [1.807, 2.05) is 4.90 Å². The third-order valence-corrected chi connectivity index (χ3v) is 7.66. The fraction of sp³-hybridized carbons (Fsp3) is 0.632. The number of aromatic nitrogens is 2. The summed E-state index contributed by atoms with van der Waals surface area (Å²) in [5, 5.41) is 1.34. The number of hydrogen-bond acceptors (Lipinski definition) is 5. The van der Waals surface area contributed by atoms with Crippen molar-refractivity contribution in [2.45, 2.75) is 76.0 Å². The van der Waals surface area contributed by atoms with E-state index in [-0.39, 0.29) is 11.5 Å². The molecule has 1 aliphatic heterocycles. The molecule has 4 rings (SSSR count). The maximum absolute atomic E-state index is 12.7. The number of H-pyrrole nitrogens is 1. The van der Waals surface area contributed by atoms with Crippen LogP contribution in [0.1, 0.15) is 56.4 Å². The molecule has 2 aromatic rings. The highest BCUT2D eigenvalue weighted by molar-refractivity contribution is 7.99. The van der Waals surface area contributed by atoms with Gasteiger partial charge in [-0.1, -0.05) is 11.8 Å². The minimum absolute atomic E-state index is 0.0518. The van der Waals surface area contributed by atoms with Crippen LogP contribution < -0.4 is 5.56 Å². The Kier molecular flexibility index (Phi) is 5.10. The highest BCUT2D eigenvalue weighted by atomic mass is 32.2. The summed E-state index contributed by atoms with van der Waals surface area (Å²) in [5.41, 5.74) is 1.15. The summed E-state index contributed by atoms with van der Waals surface area (Å²) in [7, 11) is 0. The Labute approximate surface area is 161 Å². The van der Waals surface area contributed by atoms with E-state index in [1.165, 1.54) is 35.0 Å². The summed E-state index contributed by atoms with van der Waals surface area (Å²) in [6.07, 6.45) is 7.71. The van der Waals surface area contributed by atoms with Gasteiger partial charge in [0.25, 0.3) is 5.56 Å². The molecule has 1 aliphatic carbocycles. The first-order valence-electron chi connectivity index (χ1n) is 9.53. The number of nitrogens with one attached hydrogen (secondary N) is 1. The van der Waals surface area contributed by atoms with Crippen molar-refractivity contribution >= 4 is 39.2 Å². The lowest BCUT2D eigenvalue weighted by atomic mass is 9.97. The smallest absolute Gasteiger partial charge is 0.260 e. The van der Waals surface area contributed by atoms with E-state index < -0.39 is 0 Å². The number of aromatic amines is 1. The van der Waals surface area contributed by atoms with Crippen LogP contribution in [0, 0.1) is 0 Å². The van der Waals surface area contributed by atoms with E-state index in [0.29, 0.717) is 23.0 Å². The molecular weight excluding hydrogens is 366 g/mol. The molecule has 26 heavy (non-hydrogen) atoms. The van der Waals surface area contributed by atoms with Crippen LogP contribution in [0.2, 0.25) is 0 Å². The molecule has 5 nitrogen and oxygen atoms in total. The molecule has 1 saturated heterocycles. The first kappa shape index (κ1) is 18.0. The zero-order valence-electron chi connectivity index (χ0n) is 15.3. The van der Waals surface area contributed by atoms with Gasteiger partial charge in [0.05, 0.1) is 11.1 Å². The predicted octanol–water partition coefficient (Wildman–Crippen LogP) is 3.75. The standard InChI is InChI=1S/C19H25N3O2S2/c1-11-6-5-7-12(2)22(11)15(23)10-25-19-20-17(24)16-13-8-3-4-9-14(13)26-18(16)21-19/h11-12H,3-10H2,1-2H3,(H,20,21,24)/t11-,12-/m1/s1. The zero-order chi connectivity index (χ0) is 18.3. The van der Waals surface area contributed by atoms with Crippen molar-refractivity contribution in [1.82, 2.24) is 14.9 Å². The Hall–Kier alpha value is -1.34. The number of fused-ring (bicyclic) bond motifs is 3. The molecule has 0 radical (unpaired) electrons. The molecule has 0 saturated carbocycles. The van der Waals surface area contributed by atoms with Crippen LogP contribution in [0.25, 0.3) is 10.2 Å². The molecule has 0 spiro atoms. The van der Waals surface area contributed by atoms with E-state index >= 15 is 0 Å². The van der Waals surface area contributed by atoms with Crippen LogP contribution in [0.15, 0.2) is 9.95 Å². The first-order chi connectivity index (χ1) is 12.5. The average molecular weight is 392 g/mol. The fourth-order valence-electron chi connectivity index (χ4n) is 4.33. The van der Waals surface area contributed by atoms with Crippen molar-refractivity contribution in [2.24, 2.45) is 0 Å². The van der Waals surface area contributed by atoms with Gasteiger partial charge in [-0.2, -0.15) is 0 Å². The molecule has 0 bridgehead atoms. The number of piperidine rings is 1. The highest BCUT2D eigenvalue weighted by Gasteiger charge is 2.29. The molecule has 140 valence electrons. The molecule has 0 unspecified atom stereocenters. The molecular formula is C19H25N3O2S2.